The Balaban J connectivity index is 2.86. The maximum absolute atomic E-state index is 13.2. The molecule has 3 N–H and O–H groups in total. The van der Waals surface area contributed by atoms with Gasteiger partial charge < -0.3 is 11.1 Å². The highest BCUT2D eigenvalue weighted by Crippen LogP contribution is 2.09. The Morgan fingerprint density at radius 1 is 1.41 bits per heavy atom. The van der Waals surface area contributed by atoms with Crippen LogP contribution in [0.25, 0.3) is 0 Å². The van der Waals surface area contributed by atoms with Crippen LogP contribution >= 0.6 is 0 Å². The molecule has 0 aliphatic heterocycles. The van der Waals surface area contributed by atoms with Crippen molar-refractivity contribution in [2.45, 2.75) is 19.4 Å². The summed E-state index contributed by atoms with van der Waals surface area (Å²) >= 11 is 0. The van der Waals surface area contributed by atoms with E-state index in [4.69, 9.17) is 5.73 Å². The minimum absolute atomic E-state index is 0.296. The number of carbonyl (C=O) groups excluding carboxylic acids is 2. The Bertz CT molecular complexity index is 449. The molecule has 1 atom stereocenters. The topological polar surface area (TPSA) is 72.2 Å². The van der Waals surface area contributed by atoms with E-state index < -0.39 is 29.5 Å². The van der Waals surface area contributed by atoms with Gasteiger partial charge in [-0.2, -0.15) is 0 Å². The second-order valence-corrected chi connectivity index (χ2v) is 3.46. The van der Waals surface area contributed by atoms with E-state index in [2.05, 4.69) is 5.32 Å². The van der Waals surface area contributed by atoms with Crippen LogP contribution in [0.15, 0.2) is 18.2 Å². The summed E-state index contributed by atoms with van der Waals surface area (Å²) in [6.07, 6.45) is 0.296. The first-order chi connectivity index (χ1) is 7.95. The van der Waals surface area contributed by atoms with Crippen molar-refractivity contribution in [3.63, 3.8) is 0 Å². The van der Waals surface area contributed by atoms with Gasteiger partial charge in [0, 0.05) is 6.07 Å². The van der Waals surface area contributed by atoms with E-state index in [0.29, 0.717) is 12.5 Å². The molecule has 6 heteroatoms. The monoisotopic (exact) mass is 242 g/mol. The van der Waals surface area contributed by atoms with Gasteiger partial charge in [0.05, 0.1) is 5.56 Å². The third-order valence-corrected chi connectivity index (χ3v) is 2.23. The van der Waals surface area contributed by atoms with Crippen LogP contribution < -0.4 is 11.1 Å². The Kier molecular flexibility index (Phi) is 4.14. The van der Waals surface area contributed by atoms with Gasteiger partial charge in [0.1, 0.15) is 17.7 Å². The second-order valence-electron chi connectivity index (χ2n) is 3.46. The fourth-order valence-electron chi connectivity index (χ4n) is 1.28. The predicted molar refractivity (Wildman–Crippen MR) is 57.1 cm³/mol. The first-order valence-electron chi connectivity index (χ1n) is 5.01. The van der Waals surface area contributed by atoms with E-state index in [-0.39, 0.29) is 5.56 Å². The molecule has 0 saturated heterocycles. The third kappa shape index (κ3) is 3.24. The number of rotatable bonds is 4. The maximum Gasteiger partial charge on any atom is 0.254 e. The summed E-state index contributed by atoms with van der Waals surface area (Å²) < 4.78 is 25.9. The summed E-state index contributed by atoms with van der Waals surface area (Å²) in [4.78, 5) is 22.5. The lowest BCUT2D eigenvalue weighted by molar-refractivity contribution is -0.119. The van der Waals surface area contributed by atoms with Gasteiger partial charge in [-0.25, -0.2) is 8.78 Å². The van der Waals surface area contributed by atoms with Crippen LogP contribution in [0, 0.1) is 11.6 Å². The summed E-state index contributed by atoms with van der Waals surface area (Å²) in [5.74, 6) is -3.26. The van der Waals surface area contributed by atoms with E-state index in [1.54, 1.807) is 6.92 Å². The molecule has 4 nitrogen and oxygen atoms in total. The lowest BCUT2D eigenvalue weighted by Gasteiger charge is -2.13. The SMILES string of the molecule is CC[C@@H](NC(=O)c1ccc(F)cc1F)C(N)=O. The standard InChI is InChI=1S/C11H12F2N2O2/c1-2-9(10(14)16)15-11(17)7-4-3-6(12)5-8(7)13/h3-5,9H,2H2,1H3,(H2,14,16)(H,15,17)/t9-/m1/s1. The molecular formula is C11H12F2N2O2. The first-order valence-corrected chi connectivity index (χ1v) is 5.01. The molecule has 0 saturated carbocycles. The van der Waals surface area contributed by atoms with Crippen molar-refractivity contribution in [2.24, 2.45) is 5.73 Å². The number of nitrogens with one attached hydrogen (secondary N) is 1. The minimum atomic E-state index is -0.984. The number of carbonyl (C=O) groups is 2. The average molecular weight is 242 g/mol. The van der Waals surface area contributed by atoms with E-state index in [9.17, 15) is 18.4 Å². The van der Waals surface area contributed by atoms with Crippen LogP contribution in [0.3, 0.4) is 0 Å². The van der Waals surface area contributed by atoms with E-state index in [1.165, 1.54) is 0 Å². The van der Waals surface area contributed by atoms with Crippen LogP contribution in [0.5, 0.6) is 0 Å². The van der Waals surface area contributed by atoms with Gasteiger partial charge in [-0.15, -0.1) is 0 Å². The van der Waals surface area contributed by atoms with Gasteiger partial charge in [0.2, 0.25) is 5.91 Å². The first kappa shape index (κ1) is 13.1. The highest BCUT2D eigenvalue weighted by molar-refractivity contribution is 5.97. The van der Waals surface area contributed by atoms with E-state index in [0.717, 1.165) is 12.1 Å². The fraction of sp³-hybridized carbons (Fsp3) is 0.273. The molecule has 0 aliphatic rings. The van der Waals surface area contributed by atoms with Crippen molar-refractivity contribution < 1.29 is 18.4 Å². The molecule has 0 heterocycles. The highest BCUT2D eigenvalue weighted by atomic mass is 19.1. The van der Waals surface area contributed by atoms with Crippen molar-refractivity contribution in [3.05, 3.63) is 35.4 Å². The van der Waals surface area contributed by atoms with Crippen LogP contribution in [-0.2, 0) is 4.79 Å². The fourth-order valence-corrected chi connectivity index (χ4v) is 1.28. The van der Waals surface area contributed by atoms with Crippen LogP contribution in [0.4, 0.5) is 8.78 Å². The second kappa shape index (κ2) is 5.38. The molecule has 0 spiro atoms. The number of halogens is 2. The number of amides is 2. The van der Waals surface area contributed by atoms with Crippen LogP contribution in [-0.4, -0.2) is 17.9 Å². The molecule has 0 bridgehead atoms. The number of primary amides is 1. The van der Waals surface area contributed by atoms with Gasteiger partial charge >= 0.3 is 0 Å². The summed E-state index contributed by atoms with van der Waals surface area (Å²) in [6.45, 7) is 1.65. The van der Waals surface area contributed by atoms with Gasteiger partial charge in [0.25, 0.3) is 5.91 Å². The van der Waals surface area contributed by atoms with Gasteiger partial charge in [0.15, 0.2) is 0 Å². The van der Waals surface area contributed by atoms with E-state index in [1.807, 2.05) is 0 Å². The molecule has 92 valence electrons. The molecule has 0 aliphatic carbocycles. The lowest BCUT2D eigenvalue weighted by atomic mass is 10.1. The molecule has 0 radical (unpaired) electrons. The van der Waals surface area contributed by atoms with Crippen molar-refractivity contribution in [3.8, 4) is 0 Å². The lowest BCUT2D eigenvalue weighted by Crippen LogP contribution is -2.44. The summed E-state index contributed by atoms with van der Waals surface area (Å²) in [5.41, 5.74) is 4.70. The van der Waals surface area contributed by atoms with Gasteiger partial charge in [-0.1, -0.05) is 6.92 Å². The number of benzene rings is 1. The summed E-state index contributed by atoms with van der Waals surface area (Å²) in [7, 11) is 0. The largest absolute Gasteiger partial charge is 0.368 e. The molecule has 1 aromatic rings. The number of hydrogen-bond acceptors (Lipinski definition) is 2. The quantitative estimate of drug-likeness (QED) is 0.825. The number of hydrogen-bond donors (Lipinski definition) is 2. The molecule has 1 aromatic carbocycles. The zero-order valence-electron chi connectivity index (χ0n) is 9.17. The zero-order chi connectivity index (χ0) is 13.0. The Morgan fingerprint density at radius 3 is 2.53 bits per heavy atom. The molecule has 0 aromatic heterocycles. The van der Waals surface area contributed by atoms with Crippen LogP contribution in [0.1, 0.15) is 23.7 Å². The minimum Gasteiger partial charge on any atom is -0.368 e. The van der Waals surface area contributed by atoms with Crippen molar-refractivity contribution in [1.82, 2.24) is 5.32 Å². The van der Waals surface area contributed by atoms with Crippen molar-refractivity contribution >= 4 is 11.8 Å². The van der Waals surface area contributed by atoms with Crippen molar-refractivity contribution in [1.29, 1.82) is 0 Å². The molecular weight excluding hydrogens is 230 g/mol. The molecule has 2 amide bonds. The number of nitrogens with two attached hydrogens (primary N) is 1. The summed E-state index contributed by atoms with van der Waals surface area (Å²) in [6, 6.07) is 1.70. The smallest absolute Gasteiger partial charge is 0.254 e. The average Bonchev–Trinajstić information content (AvgIpc) is 2.24. The molecule has 1 rings (SSSR count). The Hall–Kier alpha value is -1.98. The normalized spacial score (nSPS) is 11.9. The Morgan fingerprint density at radius 2 is 2.06 bits per heavy atom. The molecule has 0 fully saturated rings. The highest BCUT2D eigenvalue weighted by Gasteiger charge is 2.19. The third-order valence-electron chi connectivity index (χ3n) is 2.23. The zero-order valence-corrected chi connectivity index (χ0v) is 9.17. The Labute approximate surface area is 96.8 Å². The maximum atomic E-state index is 13.2. The molecule has 17 heavy (non-hydrogen) atoms. The van der Waals surface area contributed by atoms with Gasteiger partial charge in [-0.05, 0) is 18.6 Å². The summed E-state index contributed by atoms with van der Waals surface area (Å²) in [5, 5.41) is 2.27. The van der Waals surface area contributed by atoms with E-state index >= 15 is 0 Å². The van der Waals surface area contributed by atoms with Gasteiger partial charge in [-0.3, -0.25) is 9.59 Å². The molecule has 0 unspecified atom stereocenters. The van der Waals surface area contributed by atoms with Crippen molar-refractivity contribution in [2.75, 3.05) is 0 Å². The predicted octanol–water partition coefficient (Wildman–Crippen LogP) is 0.958. The van der Waals surface area contributed by atoms with Crippen LogP contribution in [0.2, 0.25) is 0 Å².